The van der Waals surface area contributed by atoms with Gasteiger partial charge in [0, 0.05) is 31.2 Å². The smallest absolute Gasteiger partial charge is 0.357 e. The van der Waals surface area contributed by atoms with E-state index >= 15 is 0 Å². The highest BCUT2D eigenvalue weighted by Crippen LogP contribution is 2.19. The van der Waals surface area contributed by atoms with Crippen molar-refractivity contribution in [2.24, 2.45) is 4.99 Å². The second-order valence-corrected chi connectivity index (χ2v) is 5.77. The fraction of sp³-hybridized carbons (Fsp3) is 0.562. The number of alkyl halides is 3. The quantitative estimate of drug-likeness (QED) is 0.489. The number of benzene rings is 1. The Bertz CT molecular complexity index is 559. The Hall–Kier alpha value is -1.83. The van der Waals surface area contributed by atoms with E-state index < -0.39 is 12.7 Å². The fourth-order valence-corrected chi connectivity index (χ4v) is 2.65. The van der Waals surface area contributed by atoms with Crippen LogP contribution in [0.25, 0.3) is 0 Å². The first-order valence-corrected chi connectivity index (χ1v) is 7.94. The van der Waals surface area contributed by atoms with Crippen molar-refractivity contribution < 1.29 is 17.6 Å². The van der Waals surface area contributed by atoms with E-state index in [-0.39, 0.29) is 18.4 Å². The number of nitrogens with one attached hydrogen (secondary N) is 2. The summed E-state index contributed by atoms with van der Waals surface area (Å²) in [5, 5.41) is 6.17. The van der Waals surface area contributed by atoms with Crippen LogP contribution in [0.5, 0.6) is 0 Å². The molecule has 1 aliphatic heterocycles. The summed E-state index contributed by atoms with van der Waals surface area (Å²) < 4.78 is 50.9. The van der Waals surface area contributed by atoms with Crippen molar-refractivity contribution in [2.75, 3.05) is 26.2 Å². The maximum atomic E-state index is 13.6. The Morgan fingerprint density at radius 1 is 1.33 bits per heavy atom. The lowest BCUT2D eigenvalue weighted by atomic mass is 10.2. The van der Waals surface area contributed by atoms with Gasteiger partial charge in [0.25, 0.3) is 0 Å². The van der Waals surface area contributed by atoms with Gasteiger partial charge in [0.1, 0.15) is 5.82 Å². The van der Waals surface area contributed by atoms with Crippen molar-refractivity contribution in [2.45, 2.75) is 32.1 Å². The monoisotopic (exact) mass is 346 g/mol. The molecule has 1 aliphatic rings. The number of nitrogens with zero attached hydrogens (tertiary/aromatic N) is 2. The molecular weight excluding hydrogens is 324 g/mol. The Labute approximate surface area is 138 Å². The van der Waals surface area contributed by atoms with Crippen LogP contribution in [0, 0.1) is 5.82 Å². The molecule has 2 N–H and O–H groups in total. The van der Waals surface area contributed by atoms with Crippen LogP contribution in [0.15, 0.2) is 29.3 Å². The van der Waals surface area contributed by atoms with Gasteiger partial charge in [-0.3, -0.25) is 4.90 Å². The summed E-state index contributed by atoms with van der Waals surface area (Å²) in [5.74, 6) is 0.161. The molecule has 8 heteroatoms. The lowest BCUT2D eigenvalue weighted by Crippen LogP contribution is -2.45. The molecule has 0 bridgehead atoms. The predicted octanol–water partition coefficient (Wildman–Crippen LogP) is 2.52. The summed E-state index contributed by atoms with van der Waals surface area (Å²) in [4.78, 5) is 5.69. The number of rotatable bonds is 5. The first kappa shape index (κ1) is 18.5. The van der Waals surface area contributed by atoms with Crippen LogP contribution >= 0.6 is 0 Å². The number of halogens is 4. The highest BCUT2D eigenvalue weighted by molar-refractivity contribution is 5.80. The van der Waals surface area contributed by atoms with Crippen LogP contribution in [-0.4, -0.2) is 49.3 Å². The van der Waals surface area contributed by atoms with Crippen LogP contribution in [0.3, 0.4) is 0 Å². The Kier molecular flexibility index (Phi) is 6.42. The molecule has 0 aliphatic carbocycles. The second kappa shape index (κ2) is 8.32. The van der Waals surface area contributed by atoms with E-state index in [4.69, 9.17) is 0 Å². The minimum absolute atomic E-state index is 0.106. The zero-order valence-corrected chi connectivity index (χ0v) is 13.5. The Balaban J connectivity index is 1.92. The average molecular weight is 346 g/mol. The molecule has 2 rings (SSSR count). The van der Waals surface area contributed by atoms with Crippen molar-refractivity contribution in [3.63, 3.8) is 0 Å². The SMILES string of the molecule is CCNC(=NCc1ccccc1F)NC1CCN(CC(F)(F)F)C1. The number of likely N-dealkylation sites (tertiary alicyclic amines) is 1. The molecule has 1 aromatic carbocycles. The van der Waals surface area contributed by atoms with E-state index in [1.807, 2.05) is 6.92 Å². The number of guanidine groups is 1. The Morgan fingerprint density at radius 2 is 2.08 bits per heavy atom. The van der Waals surface area contributed by atoms with Gasteiger partial charge < -0.3 is 10.6 Å². The molecule has 1 unspecified atom stereocenters. The lowest BCUT2D eigenvalue weighted by molar-refractivity contribution is -0.143. The van der Waals surface area contributed by atoms with Crippen LogP contribution in [0.1, 0.15) is 18.9 Å². The van der Waals surface area contributed by atoms with Gasteiger partial charge in [0.15, 0.2) is 5.96 Å². The molecule has 24 heavy (non-hydrogen) atoms. The molecule has 4 nitrogen and oxygen atoms in total. The van der Waals surface area contributed by atoms with E-state index in [1.165, 1.54) is 11.0 Å². The number of aliphatic imine (C=N–C) groups is 1. The summed E-state index contributed by atoms with van der Waals surface area (Å²) in [5.41, 5.74) is 0.472. The maximum Gasteiger partial charge on any atom is 0.401 e. The maximum absolute atomic E-state index is 13.6. The Morgan fingerprint density at radius 3 is 2.75 bits per heavy atom. The van der Waals surface area contributed by atoms with Gasteiger partial charge in [-0.1, -0.05) is 18.2 Å². The highest BCUT2D eigenvalue weighted by Gasteiger charge is 2.34. The van der Waals surface area contributed by atoms with E-state index in [9.17, 15) is 17.6 Å². The van der Waals surface area contributed by atoms with E-state index in [0.717, 1.165) is 0 Å². The molecule has 1 heterocycles. The molecule has 0 aromatic heterocycles. The third kappa shape index (κ3) is 5.99. The van der Waals surface area contributed by atoms with Gasteiger partial charge >= 0.3 is 6.18 Å². The molecule has 1 aromatic rings. The second-order valence-electron chi connectivity index (χ2n) is 5.77. The molecule has 1 saturated heterocycles. The summed E-state index contributed by atoms with van der Waals surface area (Å²) in [7, 11) is 0. The van der Waals surface area contributed by atoms with Gasteiger partial charge in [0.05, 0.1) is 13.1 Å². The molecule has 0 amide bonds. The van der Waals surface area contributed by atoms with Crippen molar-refractivity contribution in [1.29, 1.82) is 0 Å². The summed E-state index contributed by atoms with van der Waals surface area (Å²) >= 11 is 0. The minimum Gasteiger partial charge on any atom is -0.357 e. The van der Waals surface area contributed by atoms with Gasteiger partial charge in [-0.2, -0.15) is 13.2 Å². The van der Waals surface area contributed by atoms with Crippen LogP contribution < -0.4 is 10.6 Å². The van der Waals surface area contributed by atoms with Crippen molar-refractivity contribution in [1.82, 2.24) is 15.5 Å². The van der Waals surface area contributed by atoms with E-state index in [1.54, 1.807) is 18.2 Å². The summed E-state index contributed by atoms with van der Waals surface area (Å²) in [6, 6.07) is 6.27. The average Bonchev–Trinajstić information content (AvgIpc) is 2.91. The summed E-state index contributed by atoms with van der Waals surface area (Å²) in [6.45, 7) is 2.48. The first-order valence-electron chi connectivity index (χ1n) is 7.94. The summed E-state index contributed by atoms with van der Waals surface area (Å²) in [6.07, 6.45) is -3.57. The van der Waals surface area contributed by atoms with Gasteiger partial charge in [-0.25, -0.2) is 9.38 Å². The molecule has 1 atom stereocenters. The van der Waals surface area contributed by atoms with Crippen LogP contribution in [-0.2, 0) is 6.54 Å². The number of hydrogen-bond acceptors (Lipinski definition) is 2. The number of hydrogen-bond donors (Lipinski definition) is 2. The first-order chi connectivity index (χ1) is 11.4. The molecule has 0 spiro atoms. The molecule has 134 valence electrons. The molecule has 0 saturated carbocycles. The van der Waals surface area contributed by atoms with Crippen molar-refractivity contribution >= 4 is 5.96 Å². The fourth-order valence-electron chi connectivity index (χ4n) is 2.65. The van der Waals surface area contributed by atoms with Crippen LogP contribution in [0.4, 0.5) is 17.6 Å². The minimum atomic E-state index is -4.18. The van der Waals surface area contributed by atoms with Crippen LogP contribution in [0.2, 0.25) is 0 Å². The zero-order chi connectivity index (χ0) is 17.6. The molecular formula is C16H22F4N4. The normalized spacial score (nSPS) is 19.5. The predicted molar refractivity (Wildman–Crippen MR) is 85.3 cm³/mol. The van der Waals surface area contributed by atoms with Crippen molar-refractivity contribution in [3.05, 3.63) is 35.6 Å². The van der Waals surface area contributed by atoms with Gasteiger partial charge in [-0.15, -0.1) is 0 Å². The van der Waals surface area contributed by atoms with E-state index in [0.29, 0.717) is 37.6 Å². The third-order valence-electron chi connectivity index (χ3n) is 3.73. The van der Waals surface area contributed by atoms with Crippen molar-refractivity contribution in [3.8, 4) is 0 Å². The van der Waals surface area contributed by atoms with E-state index in [2.05, 4.69) is 15.6 Å². The topological polar surface area (TPSA) is 39.7 Å². The lowest BCUT2D eigenvalue weighted by Gasteiger charge is -2.19. The third-order valence-corrected chi connectivity index (χ3v) is 3.73. The molecule has 0 radical (unpaired) electrons. The van der Waals surface area contributed by atoms with Gasteiger partial charge in [0.2, 0.25) is 0 Å². The largest absolute Gasteiger partial charge is 0.401 e. The standard InChI is InChI=1S/C16H22F4N4/c1-2-21-15(22-9-12-5-3-4-6-14(12)17)23-13-7-8-24(10-13)11-16(18,19)20/h3-6,13H,2,7-11H2,1H3,(H2,21,22,23). The highest BCUT2D eigenvalue weighted by atomic mass is 19.4. The van der Waals surface area contributed by atoms with Gasteiger partial charge in [-0.05, 0) is 19.4 Å². The molecule has 1 fully saturated rings. The zero-order valence-electron chi connectivity index (χ0n) is 13.5.